The second kappa shape index (κ2) is 7.93. The topological polar surface area (TPSA) is 111 Å². The summed E-state index contributed by atoms with van der Waals surface area (Å²) in [7, 11) is -2.05. The molecule has 2 heterocycles. The third-order valence-electron chi connectivity index (χ3n) is 3.48. The number of methoxy groups -OCH3 is 1. The van der Waals surface area contributed by atoms with E-state index in [0.717, 1.165) is 0 Å². The van der Waals surface area contributed by atoms with Gasteiger partial charge in [0.15, 0.2) is 5.82 Å². The Bertz CT molecular complexity index is 942. The lowest BCUT2D eigenvalue weighted by atomic mass is 10.3. The predicted octanol–water partition coefficient (Wildman–Crippen LogP) is 1.06. The Morgan fingerprint density at radius 2 is 1.96 bits per heavy atom. The van der Waals surface area contributed by atoms with E-state index in [9.17, 15) is 8.42 Å². The van der Waals surface area contributed by atoms with Crippen LogP contribution in [0.25, 0.3) is 5.82 Å². The van der Waals surface area contributed by atoms with E-state index < -0.39 is 10.0 Å². The standard InChI is InChI=1S/C16H18N6O3S/c1-25-13-3-5-14(6-4-13)26(23,24)21-9-8-17-15-11-16(19-12-18-15)22-10-2-7-20-22/h2-7,10-12,21H,8-9H2,1H3,(H,17,18,19). The molecule has 2 N–H and O–H groups in total. The van der Waals surface area contributed by atoms with Crippen molar-refractivity contribution in [2.75, 3.05) is 25.5 Å². The van der Waals surface area contributed by atoms with Gasteiger partial charge in [-0.3, -0.25) is 0 Å². The molecule has 0 atom stereocenters. The minimum absolute atomic E-state index is 0.182. The highest BCUT2D eigenvalue weighted by molar-refractivity contribution is 7.89. The second-order valence-electron chi connectivity index (χ2n) is 5.21. The molecule has 10 heteroatoms. The van der Waals surface area contributed by atoms with E-state index in [-0.39, 0.29) is 11.4 Å². The summed E-state index contributed by atoms with van der Waals surface area (Å²) in [6.45, 7) is 0.570. The van der Waals surface area contributed by atoms with E-state index in [0.29, 0.717) is 23.9 Å². The van der Waals surface area contributed by atoms with E-state index in [4.69, 9.17) is 4.74 Å². The fourth-order valence-electron chi connectivity index (χ4n) is 2.19. The lowest BCUT2D eigenvalue weighted by Crippen LogP contribution is -2.29. The highest BCUT2D eigenvalue weighted by Crippen LogP contribution is 2.15. The first-order valence-corrected chi connectivity index (χ1v) is 9.26. The van der Waals surface area contributed by atoms with Gasteiger partial charge in [-0.2, -0.15) is 5.10 Å². The largest absolute Gasteiger partial charge is 0.497 e. The normalized spacial score (nSPS) is 11.3. The number of ether oxygens (including phenoxy) is 1. The van der Waals surface area contributed by atoms with Crippen molar-refractivity contribution in [1.82, 2.24) is 24.5 Å². The van der Waals surface area contributed by atoms with Gasteiger partial charge >= 0.3 is 0 Å². The lowest BCUT2D eigenvalue weighted by molar-refractivity contribution is 0.414. The molecule has 0 fully saturated rings. The van der Waals surface area contributed by atoms with Crippen LogP contribution in [0.5, 0.6) is 5.75 Å². The van der Waals surface area contributed by atoms with Gasteiger partial charge in [-0.25, -0.2) is 27.8 Å². The molecule has 3 aromatic rings. The summed E-state index contributed by atoms with van der Waals surface area (Å²) in [6.07, 6.45) is 4.85. The monoisotopic (exact) mass is 374 g/mol. The van der Waals surface area contributed by atoms with Crippen molar-refractivity contribution >= 4 is 15.8 Å². The molecular formula is C16H18N6O3S. The molecule has 26 heavy (non-hydrogen) atoms. The second-order valence-corrected chi connectivity index (χ2v) is 6.98. The number of hydrogen-bond donors (Lipinski definition) is 2. The van der Waals surface area contributed by atoms with Crippen molar-refractivity contribution < 1.29 is 13.2 Å². The number of aromatic nitrogens is 4. The van der Waals surface area contributed by atoms with Crippen LogP contribution in [0, 0.1) is 0 Å². The van der Waals surface area contributed by atoms with E-state index in [1.807, 2.05) is 0 Å². The molecule has 0 saturated carbocycles. The van der Waals surface area contributed by atoms with Crippen LogP contribution in [0.3, 0.4) is 0 Å². The zero-order chi connectivity index (χ0) is 18.4. The maximum Gasteiger partial charge on any atom is 0.240 e. The fraction of sp³-hybridized carbons (Fsp3) is 0.188. The average molecular weight is 374 g/mol. The van der Waals surface area contributed by atoms with Crippen molar-refractivity contribution in [3.8, 4) is 11.6 Å². The van der Waals surface area contributed by atoms with Gasteiger partial charge in [-0.1, -0.05) is 0 Å². The van der Waals surface area contributed by atoms with Crippen LogP contribution < -0.4 is 14.8 Å². The van der Waals surface area contributed by atoms with Crippen LogP contribution in [0.15, 0.2) is 60.0 Å². The Balaban J connectivity index is 1.54. The molecule has 0 bridgehead atoms. The number of nitrogens with one attached hydrogen (secondary N) is 2. The predicted molar refractivity (Wildman–Crippen MR) is 95.8 cm³/mol. The van der Waals surface area contributed by atoms with E-state index in [2.05, 4.69) is 25.1 Å². The Hall–Kier alpha value is -2.98. The Morgan fingerprint density at radius 1 is 1.15 bits per heavy atom. The quantitative estimate of drug-likeness (QED) is 0.567. The molecule has 0 saturated heterocycles. The van der Waals surface area contributed by atoms with E-state index >= 15 is 0 Å². The fourth-order valence-corrected chi connectivity index (χ4v) is 3.22. The van der Waals surface area contributed by atoms with Gasteiger partial charge in [0.05, 0.1) is 12.0 Å². The molecule has 2 aromatic heterocycles. The van der Waals surface area contributed by atoms with Crippen molar-refractivity contribution in [3.05, 3.63) is 55.1 Å². The Morgan fingerprint density at radius 3 is 2.65 bits per heavy atom. The molecule has 0 aliphatic rings. The molecule has 0 spiro atoms. The summed E-state index contributed by atoms with van der Waals surface area (Å²) in [5.41, 5.74) is 0. The van der Waals surface area contributed by atoms with Crippen molar-refractivity contribution in [2.45, 2.75) is 4.90 Å². The van der Waals surface area contributed by atoms with Gasteiger partial charge in [0.25, 0.3) is 0 Å². The molecule has 0 aliphatic heterocycles. The number of nitrogens with zero attached hydrogens (tertiary/aromatic N) is 4. The summed E-state index contributed by atoms with van der Waals surface area (Å²) in [5.74, 6) is 1.79. The van der Waals surface area contributed by atoms with E-state index in [1.54, 1.807) is 41.3 Å². The molecule has 136 valence electrons. The van der Waals surface area contributed by atoms with Crippen LogP contribution >= 0.6 is 0 Å². The van der Waals surface area contributed by atoms with Gasteiger partial charge in [0.1, 0.15) is 17.9 Å². The highest BCUT2D eigenvalue weighted by Gasteiger charge is 2.13. The van der Waals surface area contributed by atoms with Gasteiger partial charge in [0, 0.05) is 31.5 Å². The van der Waals surface area contributed by atoms with Crippen LogP contribution in [0.1, 0.15) is 0 Å². The van der Waals surface area contributed by atoms with Crippen molar-refractivity contribution in [3.63, 3.8) is 0 Å². The van der Waals surface area contributed by atoms with Crippen LogP contribution in [0.4, 0.5) is 5.82 Å². The average Bonchev–Trinajstić information content (AvgIpc) is 3.20. The smallest absolute Gasteiger partial charge is 0.240 e. The first kappa shape index (κ1) is 17.8. The van der Waals surface area contributed by atoms with Gasteiger partial charge < -0.3 is 10.1 Å². The molecule has 9 nitrogen and oxygen atoms in total. The number of benzene rings is 1. The van der Waals surface area contributed by atoms with Crippen LogP contribution in [-0.2, 0) is 10.0 Å². The summed E-state index contributed by atoms with van der Waals surface area (Å²) in [5, 5.41) is 7.15. The summed E-state index contributed by atoms with van der Waals surface area (Å²) in [4.78, 5) is 8.42. The summed E-state index contributed by atoms with van der Waals surface area (Å²) < 4.78 is 33.6. The molecule has 0 amide bonds. The molecule has 3 rings (SSSR count). The Kier molecular flexibility index (Phi) is 5.44. The van der Waals surface area contributed by atoms with Crippen LogP contribution in [0.2, 0.25) is 0 Å². The highest BCUT2D eigenvalue weighted by atomic mass is 32.2. The third kappa shape index (κ3) is 4.35. The molecule has 0 unspecified atom stereocenters. The number of sulfonamides is 1. The minimum atomic E-state index is -3.58. The number of rotatable bonds is 8. The zero-order valence-corrected chi connectivity index (χ0v) is 14.8. The van der Waals surface area contributed by atoms with Gasteiger partial charge in [-0.15, -0.1) is 0 Å². The Labute approximate surface area is 151 Å². The van der Waals surface area contributed by atoms with Crippen molar-refractivity contribution in [1.29, 1.82) is 0 Å². The maximum atomic E-state index is 12.2. The summed E-state index contributed by atoms with van der Waals surface area (Å²) >= 11 is 0. The number of hydrogen-bond acceptors (Lipinski definition) is 7. The van der Waals surface area contributed by atoms with Crippen molar-refractivity contribution in [2.24, 2.45) is 0 Å². The van der Waals surface area contributed by atoms with E-state index in [1.165, 1.54) is 25.6 Å². The first-order chi connectivity index (χ1) is 12.6. The molecule has 1 aromatic carbocycles. The molecular weight excluding hydrogens is 356 g/mol. The zero-order valence-electron chi connectivity index (χ0n) is 14.0. The molecule has 0 aliphatic carbocycles. The van der Waals surface area contributed by atoms with Gasteiger partial charge in [0.2, 0.25) is 10.0 Å². The SMILES string of the molecule is COc1ccc(S(=O)(=O)NCCNc2cc(-n3cccn3)ncn2)cc1. The number of anilines is 1. The lowest BCUT2D eigenvalue weighted by Gasteiger charge is -2.09. The summed E-state index contributed by atoms with van der Waals surface area (Å²) in [6, 6.07) is 9.72. The first-order valence-electron chi connectivity index (χ1n) is 7.78. The van der Waals surface area contributed by atoms with Gasteiger partial charge in [-0.05, 0) is 30.3 Å². The third-order valence-corrected chi connectivity index (χ3v) is 4.96. The van der Waals surface area contributed by atoms with Crippen LogP contribution in [-0.4, -0.2) is 48.4 Å². The maximum absolute atomic E-state index is 12.2. The minimum Gasteiger partial charge on any atom is -0.497 e. The molecule has 0 radical (unpaired) electrons.